The summed E-state index contributed by atoms with van der Waals surface area (Å²) in [7, 11) is -2.88. The Hall–Kier alpha value is -0.570. The number of allylic oxidation sites excluding steroid dienone is 3. The Morgan fingerprint density at radius 3 is 3.00 bits per heavy atom. The summed E-state index contributed by atoms with van der Waals surface area (Å²) >= 11 is 0. The highest BCUT2D eigenvalue weighted by molar-refractivity contribution is 7.95. The molecule has 12 heavy (non-hydrogen) atoms. The van der Waals surface area contributed by atoms with E-state index in [1.165, 1.54) is 0 Å². The van der Waals surface area contributed by atoms with Crippen molar-refractivity contribution in [3.63, 3.8) is 0 Å². The van der Waals surface area contributed by atoms with Gasteiger partial charge in [0.25, 0.3) is 0 Å². The zero-order chi connectivity index (χ0) is 8.77. The number of fused-ring (bicyclic) bond motifs is 1. The van der Waals surface area contributed by atoms with Crippen molar-refractivity contribution in [3.8, 4) is 0 Å². The lowest BCUT2D eigenvalue weighted by atomic mass is 9.97. The van der Waals surface area contributed by atoms with Crippen LogP contribution in [-0.4, -0.2) is 14.2 Å². The Balaban J connectivity index is 2.48. The molecule has 0 bridgehead atoms. The Labute approximate surface area is 72.9 Å². The summed E-state index contributed by atoms with van der Waals surface area (Å²) in [5.41, 5.74) is 1.05. The minimum Gasteiger partial charge on any atom is -0.224 e. The van der Waals surface area contributed by atoms with E-state index in [-0.39, 0.29) is 0 Å². The maximum atomic E-state index is 11.4. The van der Waals surface area contributed by atoms with E-state index in [0.29, 0.717) is 16.6 Å². The maximum absolute atomic E-state index is 11.4. The van der Waals surface area contributed by atoms with E-state index in [1.54, 1.807) is 0 Å². The van der Waals surface area contributed by atoms with Crippen molar-refractivity contribution in [2.45, 2.75) is 19.8 Å². The Kier molecular flexibility index (Phi) is 1.65. The lowest BCUT2D eigenvalue weighted by Crippen LogP contribution is -2.03. The maximum Gasteiger partial charge on any atom is 0.178 e. The molecule has 0 aromatic rings. The first-order valence-corrected chi connectivity index (χ1v) is 5.89. The van der Waals surface area contributed by atoms with Crippen LogP contribution in [0.5, 0.6) is 0 Å². The van der Waals surface area contributed by atoms with Crippen molar-refractivity contribution in [2.75, 3.05) is 5.75 Å². The van der Waals surface area contributed by atoms with Gasteiger partial charge in [-0.25, -0.2) is 8.42 Å². The van der Waals surface area contributed by atoms with Crippen LogP contribution in [0.15, 0.2) is 22.6 Å². The molecule has 2 rings (SSSR count). The fourth-order valence-corrected chi connectivity index (χ4v) is 3.43. The van der Waals surface area contributed by atoms with Crippen molar-refractivity contribution in [1.29, 1.82) is 0 Å². The molecule has 0 aromatic carbocycles. The summed E-state index contributed by atoms with van der Waals surface area (Å²) in [4.78, 5) is 0.612. The zero-order valence-corrected chi connectivity index (χ0v) is 7.89. The molecule has 3 heteroatoms. The summed E-state index contributed by atoms with van der Waals surface area (Å²) in [5.74, 6) is 0.828. The fraction of sp³-hybridized carbons (Fsp3) is 0.556. The lowest BCUT2D eigenvalue weighted by Gasteiger charge is -2.11. The van der Waals surface area contributed by atoms with E-state index >= 15 is 0 Å². The Morgan fingerprint density at radius 1 is 1.50 bits per heavy atom. The number of hydrogen-bond donors (Lipinski definition) is 0. The molecule has 0 amide bonds. The Morgan fingerprint density at radius 2 is 2.25 bits per heavy atom. The van der Waals surface area contributed by atoms with E-state index in [9.17, 15) is 8.42 Å². The van der Waals surface area contributed by atoms with Gasteiger partial charge in [0.2, 0.25) is 0 Å². The van der Waals surface area contributed by atoms with E-state index in [4.69, 9.17) is 0 Å². The number of sulfone groups is 1. The van der Waals surface area contributed by atoms with Crippen LogP contribution in [0, 0.1) is 5.92 Å². The van der Waals surface area contributed by atoms with Crippen LogP contribution in [0.1, 0.15) is 19.8 Å². The quantitative estimate of drug-likeness (QED) is 0.573. The summed E-state index contributed by atoms with van der Waals surface area (Å²) in [6.45, 7) is 2.12. The first kappa shape index (κ1) is 8.05. The molecule has 0 N–H and O–H groups in total. The van der Waals surface area contributed by atoms with E-state index < -0.39 is 9.84 Å². The molecule has 1 heterocycles. The SMILES string of the molecule is C[C@@H]1C=C2CCS(=O)(=O)C2=CC1. The van der Waals surface area contributed by atoms with Gasteiger partial charge in [-0.2, -0.15) is 0 Å². The minimum atomic E-state index is -2.88. The molecule has 2 nitrogen and oxygen atoms in total. The highest BCUT2D eigenvalue weighted by Crippen LogP contribution is 2.35. The van der Waals surface area contributed by atoms with E-state index in [0.717, 1.165) is 18.4 Å². The number of hydrogen-bond acceptors (Lipinski definition) is 2. The molecule has 1 aliphatic carbocycles. The highest BCUT2D eigenvalue weighted by atomic mass is 32.2. The van der Waals surface area contributed by atoms with Crippen molar-refractivity contribution < 1.29 is 8.42 Å². The molecular weight excluding hydrogens is 172 g/mol. The lowest BCUT2D eigenvalue weighted by molar-refractivity contribution is 0.605. The van der Waals surface area contributed by atoms with E-state index in [2.05, 4.69) is 13.0 Å². The van der Waals surface area contributed by atoms with Crippen LogP contribution in [0.3, 0.4) is 0 Å². The van der Waals surface area contributed by atoms with Crippen molar-refractivity contribution in [2.24, 2.45) is 5.92 Å². The van der Waals surface area contributed by atoms with Gasteiger partial charge in [-0.15, -0.1) is 0 Å². The van der Waals surface area contributed by atoms with Crippen LogP contribution < -0.4 is 0 Å². The van der Waals surface area contributed by atoms with Gasteiger partial charge in [-0.05, 0) is 24.3 Å². The smallest absolute Gasteiger partial charge is 0.178 e. The summed E-state index contributed by atoms with van der Waals surface area (Å²) in [6.07, 6.45) is 5.57. The van der Waals surface area contributed by atoms with Crippen LogP contribution in [0.2, 0.25) is 0 Å². The molecule has 0 aromatic heterocycles. The summed E-state index contributed by atoms with van der Waals surface area (Å²) < 4.78 is 22.8. The van der Waals surface area contributed by atoms with Gasteiger partial charge in [0, 0.05) is 0 Å². The second-order valence-electron chi connectivity index (χ2n) is 3.54. The van der Waals surface area contributed by atoms with Crippen LogP contribution in [-0.2, 0) is 9.84 Å². The molecule has 0 radical (unpaired) electrons. The summed E-state index contributed by atoms with van der Waals surface area (Å²) in [6, 6.07) is 0. The van der Waals surface area contributed by atoms with Crippen LogP contribution >= 0.6 is 0 Å². The van der Waals surface area contributed by atoms with Gasteiger partial charge in [0.05, 0.1) is 10.7 Å². The standard InChI is InChI=1S/C9H12O2S/c1-7-2-3-9-8(6-7)4-5-12(9,10)11/h3,6-7H,2,4-5H2,1H3/t7-/m0/s1. The molecule has 0 saturated carbocycles. The molecule has 2 aliphatic rings. The van der Waals surface area contributed by atoms with Crippen molar-refractivity contribution >= 4 is 9.84 Å². The van der Waals surface area contributed by atoms with Gasteiger partial charge >= 0.3 is 0 Å². The summed E-state index contributed by atoms with van der Waals surface area (Å²) in [5, 5.41) is 0. The molecule has 66 valence electrons. The molecule has 0 unspecified atom stereocenters. The molecule has 0 spiro atoms. The predicted octanol–water partition coefficient (Wildman–Crippen LogP) is 1.66. The number of rotatable bonds is 0. The first-order valence-electron chi connectivity index (χ1n) is 4.23. The average Bonchev–Trinajstić information content (AvgIpc) is 2.27. The highest BCUT2D eigenvalue weighted by Gasteiger charge is 2.30. The van der Waals surface area contributed by atoms with E-state index in [1.807, 2.05) is 6.08 Å². The molecule has 1 saturated heterocycles. The third-order valence-corrected chi connectivity index (χ3v) is 4.29. The topological polar surface area (TPSA) is 34.1 Å². The molecule has 1 fully saturated rings. The van der Waals surface area contributed by atoms with Gasteiger partial charge in [-0.3, -0.25) is 0 Å². The van der Waals surface area contributed by atoms with Crippen LogP contribution in [0.25, 0.3) is 0 Å². The third kappa shape index (κ3) is 1.12. The minimum absolute atomic E-state index is 0.317. The molecule has 1 atom stereocenters. The second-order valence-corrected chi connectivity index (χ2v) is 5.62. The van der Waals surface area contributed by atoms with Crippen molar-refractivity contribution in [1.82, 2.24) is 0 Å². The monoisotopic (exact) mass is 184 g/mol. The van der Waals surface area contributed by atoms with Gasteiger partial charge in [0.15, 0.2) is 9.84 Å². The zero-order valence-electron chi connectivity index (χ0n) is 7.08. The fourth-order valence-electron chi connectivity index (χ4n) is 1.81. The van der Waals surface area contributed by atoms with Gasteiger partial charge < -0.3 is 0 Å². The molecule has 1 aliphatic heterocycles. The van der Waals surface area contributed by atoms with Crippen molar-refractivity contribution in [3.05, 3.63) is 22.6 Å². The van der Waals surface area contributed by atoms with Crippen LogP contribution in [0.4, 0.5) is 0 Å². The average molecular weight is 184 g/mol. The first-order chi connectivity index (χ1) is 5.59. The third-order valence-electron chi connectivity index (χ3n) is 2.45. The molecular formula is C9H12O2S. The second kappa shape index (κ2) is 2.46. The van der Waals surface area contributed by atoms with Gasteiger partial charge in [0.1, 0.15) is 0 Å². The normalized spacial score (nSPS) is 32.2. The largest absolute Gasteiger partial charge is 0.224 e. The predicted molar refractivity (Wildman–Crippen MR) is 48.4 cm³/mol. The van der Waals surface area contributed by atoms with Gasteiger partial charge in [-0.1, -0.05) is 19.1 Å². The Bertz CT molecular complexity index is 360.